The first kappa shape index (κ1) is 13.9. The molecule has 1 aliphatic carbocycles. The van der Waals surface area contributed by atoms with E-state index in [0.29, 0.717) is 23.4 Å². The first-order valence-corrected chi connectivity index (χ1v) is 8.62. The Balaban J connectivity index is 1.27. The highest BCUT2D eigenvalue weighted by Crippen LogP contribution is 2.40. The second kappa shape index (κ2) is 5.29. The lowest BCUT2D eigenvalue weighted by molar-refractivity contribution is 0.0777. The van der Waals surface area contributed by atoms with Crippen LogP contribution in [0.4, 0.5) is 5.82 Å². The maximum atomic E-state index is 12.4. The summed E-state index contributed by atoms with van der Waals surface area (Å²) in [4.78, 5) is 32.5. The van der Waals surface area contributed by atoms with Gasteiger partial charge in [-0.15, -0.1) is 0 Å². The highest BCUT2D eigenvalue weighted by atomic mass is 16.2. The van der Waals surface area contributed by atoms with E-state index >= 15 is 0 Å². The third-order valence-corrected chi connectivity index (χ3v) is 5.50. The molecule has 1 N–H and O–H groups in total. The van der Waals surface area contributed by atoms with Gasteiger partial charge in [0.1, 0.15) is 17.8 Å². The van der Waals surface area contributed by atoms with Crippen LogP contribution in [0, 0.1) is 11.8 Å². The molecule has 2 atom stereocenters. The topological polar surface area (TPSA) is 78.0 Å². The van der Waals surface area contributed by atoms with Gasteiger partial charge in [0.25, 0.3) is 5.91 Å². The van der Waals surface area contributed by atoms with E-state index in [1.54, 1.807) is 18.9 Å². The molecule has 0 spiro atoms. The van der Waals surface area contributed by atoms with Crippen molar-refractivity contribution in [3.63, 3.8) is 0 Å². The normalized spacial score (nSPS) is 26.0. The Hall–Kier alpha value is -2.44. The van der Waals surface area contributed by atoms with E-state index in [9.17, 15) is 4.79 Å². The number of anilines is 1. The molecule has 0 bridgehead atoms. The molecule has 2 aromatic heterocycles. The van der Waals surface area contributed by atoms with Crippen LogP contribution in [0.5, 0.6) is 0 Å². The minimum absolute atomic E-state index is 0.0616. The predicted octanol–water partition coefficient (Wildman–Crippen LogP) is 1.29. The van der Waals surface area contributed by atoms with Gasteiger partial charge in [0, 0.05) is 55.7 Å². The molecule has 1 amide bonds. The second-order valence-electron chi connectivity index (χ2n) is 7.18. The summed E-state index contributed by atoms with van der Waals surface area (Å²) in [6, 6.07) is 2.16. The Morgan fingerprint density at radius 3 is 2.58 bits per heavy atom. The van der Waals surface area contributed by atoms with Gasteiger partial charge >= 0.3 is 0 Å². The average Bonchev–Trinajstić information content (AvgIpc) is 2.99. The molecule has 3 aliphatic rings. The van der Waals surface area contributed by atoms with Crippen molar-refractivity contribution in [3.8, 4) is 0 Å². The van der Waals surface area contributed by atoms with E-state index in [1.807, 2.05) is 4.90 Å². The fourth-order valence-electron chi connectivity index (χ4n) is 4.03. The number of hydrogen-bond donors (Lipinski definition) is 1. The fraction of sp³-hybridized carbons (Fsp3) is 0.529. The lowest BCUT2D eigenvalue weighted by Gasteiger charge is -2.22. The van der Waals surface area contributed by atoms with Crippen LogP contribution in [0.2, 0.25) is 0 Å². The van der Waals surface area contributed by atoms with Gasteiger partial charge in [-0.3, -0.25) is 4.79 Å². The zero-order valence-electron chi connectivity index (χ0n) is 13.4. The number of aromatic amines is 1. The van der Waals surface area contributed by atoms with E-state index in [-0.39, 0.29) is 5.91 Å². The molecular weight excluding hydrogens is 304 g/mol. The molecule has 2 aromatic rings. The summed E-state index contributed by atoms with van der Waals surface area (Å²) in [6.07, 6.45) is 7.37. The molecule has 0 aromatic carbocycles. The van der Waals surface area contributed by atoms with Crippen molar-refractivity contribution in [1.82, 2.24) is 24.8 Å². The van der Waals surface area contributed by atoms with Crippen LogP contribution in [-0.4, -0.2) is 56.9 Å². The molecule has 7 nitrogen and oxygen atoms in total. The zero-order chi connectivity index (χ0) is 16.1. The summed E-state index contributed by atoms with van der Waals surface area (Å²) in [5.41, 5.74) is 1.77. The average molecular weight is 324 g/mol. The minimum Gasteiger partial charge on any atom is -0.356 e. The maximum absolute atomic E-state index is 12.4. The van der Waals surface area contributed by atoms with Crippen molar-refractivity contribution < 1.29 is 4.79 Å². The Labute approximate surface area is 140 Å². The third kappa shape index (κ3) is 2.35. The number of imidazole rings is 1. The summed E-state index contributed by atoms with van der Waals surface area (Å²) >= 11 is 0. The van der Waals surface area contributed by atoms with E-state index in [1.165, 1.54) is 18.5 Å². The molecule has 124 valence electrons. The smallest absolute Gasteiger partial charge is 0.271 e. The Morgan fingerprint density at radius 2 is 1.92 bits per heavy atom. The monoisotopic (exact) mass is 324 g/mol. The lowest BCUT2D eigenvalue weighted by atomic mass is 10.0. The van der Waals surface area contributed by atoms with Crippen molar-refractivity contribution in [2.45, 2.75) is 18.8 Å². The number of nitrogens with zero attached hydrogens (tertiary/aromatic N) is 5. The van der Waals surface area contributed by atoms with Gasteiger partial charge in [0.15, 0.2) is 0 Å². The first-order valence-electron chi connectivity index (χ1n) is 8.62. The van der Waals surface area contributed by atoms with Gasteiger partial charge in [0.2, 0.25) is 0 Å². The van der Waals surface area contributed by atoms with Crippen LogP contribution in [0.25, 0.3) is 0 Å². The van der Waals surface area contributed by atoms with E-state index in [0.717, 1.165) is 32.0 Å². The standard InChI is InChI=1S/C17H20N6O/c24-17(15-4-18-9-19-15)23-7-12-5-22(6-13(12)8-23)16-3-14(11-1-2-11)20-10-21-16/h3-4,9-13H,1-2,5-8H2,(H,18,19). The summed E-state index contributed by atoms with van der Waals surface area (Å²) in [5, 5.41) is 0. The number of likely N-dealkylation sites (tertiary alicyclic amines) is 1. The molecule has 2 saturated heterocycles. The van der Waals surface area contributed by atoms with Crippen LogP contribution in [0.1, 0.15) is 34.9 Å². The highest BCUT2D eigenvalue weighted by Gasteiger charge is 2.42. The third-order valence-electron chi connectivity index (χ3n) is 5.50. The Kier molecular flexibility index (Phi) is 3.08. The zero-order valence-corrected chi connectivity index (χ0v) is 13.4. The number of aromatic nitrogens is 4. The number of fused-ring (bicyclic) bond motifs is 1. The molecule has 1 saturated carbocycles. The molecule has 2 unspecified atom stereocenters. The van der Waals surface area contributed by atoms with E-state index in [4.69, 9.17) is 0 Å². The van der Waals surface area contributed by atoms with Crippen molar-refractivity contribution in [2.24, 2.45) is 11.8 Å². The van der Waals surface area contributed by atoms with Crippen LogP contribution < -0.4 is 4.90 Å². The summed E-state index contributed by atoms with van der Waals surface area (Å²) in [5.74, 6) is 2.81. The van der Waals surface area contributed by atoms with Gasteiger partial charge in [-0.1, -0.05) is 0 Å². The molecule has 7 heteroatoms. The largest absolute Gasteiger partial charge is 0.356 e. The number of H-pyrrole nitrogens is 1. The quantitative estimate of drug-likeness (QED) is 0.920. The van der Waals surface area contributed by atoms with Crippen molar-refractivity contribution >= 4 is 11.7 Å². The molecule has 3 fully saturated rings. The van der Waals surface area contributed by atoms with Crippen LogP contribution >= 0.6 is 0 Å². The number of rotatable bonds is 3. The molecule has 4 heterocycles. The first-order chi connectivity index (χ1) is 11.8. The Morgan fingerprint density at radius 1 is 1.12 bits per heavy atom. The second-order valence-corrected chi connectivity index (χ2v) is 7.18. The van der Waals surface area contributed by atoms with Gasteiger partial charge in [-0.2, -0.15) is 0 Å². The molecule has 2 aliphatic heterocycles. The summed E-state index contributed by atoms with van der Waals surface area (Å²) < 4.78 is 0. The van der Waals surface area contributed by atoms with Crippen LogP contribution in [-0.2, 0) is 0 Å². The van der Waals surface area contributed by atoms with Crippen molar-refractivity contribution in [2.75, 3.05) is 31.1 Å². The van der Waals surface area contributed by atoms with Crippen LogP contribution in [0.15, 0.2) is 24.9 Å². The lowest BCUT2D eigenvalue weighted by Crippen LogP contribution is -2.33. The molecule has 0 radical (unpaired) electrons. The number of hydrogen-bond acceptors (Lipinski definition) is 5. The van der Waals surface area contributed by atoms with Gasteiger partial charge in [0.05, 0.1) is 12.5 Å². The number of carbonyl (C=O) groups excluding carboxylic acids is 1. The minimum atomic E-state index is 0.0616. The van der Waals surface area contributed by atoms with Crippen LogP contribution in [0.3, 0.4) is 0 Å². The number of nitrogens with one attached hydrogen (secondary N) is 1. The Bertz CT molecular complexity index is 742. The number of carbonyl (C=O) groups is 1. The fourth-order valence-corrected chi connectivity index (χ4v) is 4.03. The molecule has 24 heavy (non-hydrogen) atoms. The molecular formula is C17H20N6O. The van der Waals surface area contributed by atoms with E-state index < -0.39 is 0 Å². The van der Waals surface area contributed by atoms with Gasteiger partial charge in [-0.25, -0.2) is 15.0 Å². The van der Waals surface area contributed by atoms with Gasteiger partial charge < -0.3 is 14.8 Å². The predicted molar refractivity (Wildman–Crippen MR) is 87.7 cm³/mol. The van der Waals surface area contributed by atoms with Gasteiger partial charge in [-0.05, 0) is 12.8 Å². The summed E-state index contributed by atoms with van der Waals surface area (Å²) in [7, 11) is 0. The van der Waals surface area contributed by atoms with Crippen molar-refractivity contribution in [3.05, 3.63) is 36.3 Å². The van der Waals surface area contributed by atoms with E-state index in [2.05, 4.69) is 30.9 Å². The summed E-state index contributed by atoms with van der Waals surface area (Å²) in [6.45, 7) is 3.58. The maximum Gasteiger partial charge on any atom is 0.271 e. The number of amides is 1. The highest BCUT2D eigenvalue weighted by molar-refractivity contribution is 5.92. The SMILES string of the molecule is O=C(c1cnc[nH]1)N1CC2CN(c3cc(C4CC4)ncn3)CC2C1. The van der Waals surface area contributed by atoms with Crippen molar-refractivity contribution in [1.29, 1.82) is 0 Å². The molecule has 5 rings (SSSR count).